The SMILES string of the molecule is COC(=O)N[C@H](C(=O)N1CCC[C@H]1c1ncc(-c2ccc3c(c2)c(F)c2n3C(C)Oc3cc(-c4cnc([C@@H]5CCCN5C(=O)[C@H](C(C)C)N(C)C(=O)O)[nH]4)ccc3-2)[nH]1)C(C)C. The summed E-state index contributed by atoms with van der Waals surface area (Å²) in [6, 6.07) is 8.96. The lowest BCUT2D eigenvalue weighted by molar-refractivity contribution is -0.138. The third kappa shape index (κ3) is 7.33. The number of likely N-dealkylation sites (tertiary alicyclic amines) is 2. The Kier molecular flexibility index (Phi) is 11.0. The maximum atomic E-state index is 16.7. The number of likely N-dealkylation sites (N-methyl/N-ethyl adjacent to an activating group) is 1. The zero-order valence-corrected chi connectivity index (χ0v) is 35.4. The van der Waals surface area contributed by atoms with Crippen molar-refractivity contribution < 1.29 is 38.1 Å². The van der Waals surface area contributed by atoms with E-state index >= 15 is 4.39 Å². The summed E-state index contributed by atoms with van der Waals surface area (Å²) in [6.07, 6.45) is 4.00. The molecule has 2 fully saturated rings. The van der Waals surface area contributed by atoms with Crippen molar-refractivity contribution in [1.82, 2.24) is 44.5 Å². The van der Waals surface area contributed by atoms with Crippen LogP contribution in [-0.4, -0.2) is 108 Å². The van der Waals surface area contributed by atoms with E-state index < -0.39 is 30.5 Å². The number of aromatic nitrogens is 5. The fourth-order valence-electron chi connectivity index (χ4n) is 9.29. The van der Waals surface area contributed by atoms with Gasteiger partial charge < -0.3 is 44.2 Å². The Hall–Kier alpha value is -6.39. The predicted octanol–water partition coefficient (Wildman–Crippen LogP) is 7.48. The second-order valence-corrected chi connectivity index (χ2v) is 16.9. The number of nitrogens with one attached hydrogen (secondary N) is 3. The molecule has 17 heteroatoms. The Bertz CT molecular complexity index is 2510. The third-order valence-corrected chi connectivity index (χ3v) is 12.4. The molecule has 61 heavy (non-hydrogen) atoms. The Morgan fingerprint density at radius 2 is 1.49 bits per heavy atom. The number of H-pyrrole nitrogens is 2. The second kappa shape index (κ2) is 16.2. The van der Waals surface area contributed by atoms with Gasteiger partial charge in [-0.05, 0) is 68.7 Å². The summed E-state index contributed by atoms with van der Waals surface area (Å²) < 4.78 is 29.8. The molecule has 8 rings (SSSR count). The molecule has 16 nitrogen and oxygen atoms in total. The van der Waals surface area contributed by atoms with Crippen LogP contribution in [0.1, 0.15) is 90.3 Å². The number of halogens is 1. The second-order valence-electron chi connectivity index (χ2n) is 16.9. The number of methoxy groups -OCH3 is 1. The zero-order valence-electron chi connectivity index (χ0n) is 35.4. The van der Waals surface area contributed by atoms with Crippen molar-refractivity contribution in [3.63, 3.8) is 0 Å². The lowest BCUT2D eigenvalue weighted by Gasteiger charge is -2.33. The minimum absolute atomic E-state index is 0.157. The number of benzene rings is 2. The van der Waals surface area contributed by atoms with E-state index in [9.17, 15) is 24.3 Å². The smallest absolute Gasteiger partial charge is 0.407 e. The van der Waals surface area contributed by atoms with E-state index in [1.165, 1.54) is 14.2 Å². The van der Waals surface area contributed by atoms with Crippen LogP contribution in [0, 0.1) is 17.7 Å². The number of imidazole rings is 2. The van der Waals surface area contributed by atoms with Crippen molar-refractivity contribution in [1.29, 1.82) is 0 Å². The van der Waals surface area contributed by atoms with E-state index in [-0.39, 0.29) is 41.6 Å². The highest BCUT2D eigenvalue weighted by Crippen LogP contribution is 2.46. The van der Waals surface area contributed by atoms with Crippen LogP contribution in [0.4, 0.5) is 14.0 Å². The minimum Gasteiger partial charge on any atom is -0.470 e. The molecule has 0 radical (unpaired) electrons. The molecule has 2 saturated heterocycles. The van der Waals surface area contributed by atoms with Gasteiger partial charge >= 0.3 is 12.2 Å². The molecule has 5 atom stereocenters. The van der Waals surface area contributed by atoms with Crippen molar-refractivity contribution >= 4 is 34.9 Å². The highest BCUT2D eigenvalue weighted by molar-refractivity contribution is 5.93. The molecule has 1 unspecified atom stereocenters. The Morgan fingerprint density at radius 1 is 0.902 bits per heavy atom. The van der Waals surface area contributed by atoms with Gasteiger partial charge in [-0.2, -0.15) is 0 Å². The van der Waals surface area contributed by atoms with Crippen LogP contribution in [0.25, 0.3) is 44.7 Å². The van der Waals surface area contributed by atoms with E-state index in [4.69, 9.17) is 9.47 Å². The molecule has 4 N–H and O–H groups in total. The molecule has 5 aromatic rings. The summed E-state index contributed by atoms with van der Waals surface area (Å²) in [5.74, 6) is 0.547. The van der Waals surface area contributed by atoms with Gasteiger partial charge in [-0.1, -0.05) is 39.8 Å². The molecule has 0 saturated carbocycles. The standard InChI is InChI=1S/C44H52FN9O7/c1-22(2)36(50-43(57)60-7)41(55)52-16-8-10-32(52)39-46-20-29(48-39)25-13-15-31-28(18-25)35(45)38-27-14-12-26(19-34(27)61-24(5)54(31)38)30-21-47-40(49-30)33-11-9-17-53(33)42(56)37(23(3)4)51(6)44(58)59/h12-15,18-24,32-33,36-37H,8-11,16-17H2,1-7H3,(H,46,48)(H,47,49)(H,50,57)(H,58,59)/t24?,32-,33-,36-,37-/m0/s1. The van der Waals surface area contributed by atoms with E-state index in [1.54, 1.807) is 28.3 Å². The maximum absolute atomic E-state index is 16.7. The number of carboxylic acid groups (broad SMARTS) is 1. The lowest BCUT2D eigenvalue weighted by atomic mass is 10.0. The molecule has 3 aliphatic heterocycles. The highest BCUT2D eigenvalue weighted by Gasteiger charge is 2.40. The topological polar surface area (TPSA) is 191 Å². The summed E-state index contributed by atoms with van der Waals surface area (Å²) in [5.41, 5.74) is 4.57. The predicted molar refractivity (Wildman–Crippen MR) is 224 cm³/mol. The quantitative estimate of drug-likeness (QED) is 0.110. The van der Waals surface area contributed by atoms with E-state index in [1.807, 2.05) is 69.5 Å². The normalized spacial score (nSPS) is 19.5. The number of ether oxygens (including phenoxy) is 2. The van der Waals surface area contributed by atoms with Crippen LogP contribution in [-0.2, 0) is 14.3 Å². The molecular formula is C44H52FN9O7. The monoisotopic (exact) mass is 837 g/mol. The number of amides is 4. The summed E-state index contributed by atoms with van der Waals surface area (Å²) in [4.78, 5) is 71.9. The van der Waals surface area contributed by atoms with Gasteiger partial charge in [-0.15, -0.1) is 0 Å². The fourth-order valence-corrected chi connectivity index (χ4v) is 9.29. The first-order chi connectivity index (χ1) is 29.2. The maximum Gasteiger partial charge on any atom is 0.407 e. The van der Waals surface area contributed by atoms with Crippen LogP contribution in [0.15, 0.2) is 48.8 Å². The molecular weight excluding hydrogens is 786 g/mol. The Morgan fingerprint density at radius 3 is 2.07 bits per heavy atom. The van der Waals surface area contributed by atoms with Gasteiger partial charge in [0.2, 0.25) is 11.8 Å². The van der Waals surface area contributed by atoms with Gasteiger partial charge in [-0.3, -0.25) is 14.5 Å². The molecule has 4 amide bonds. The largest absolute Gasteiger partial charge is 0.470 e. The summed E-state index contributed by atoms with van der Waals surface area (Å²) in [5, 5.41) is 12.7. The first-order valence-electron chi connectivity index (χ1n) is 20.8. The number of aromatic amines is 2. The van der Waals surface area contributed by atoms with E-state index in [2.05, 4.69) is 25.3 Å². The number of hydrogen-bond acceptors (Lipinski definition) is 8. The van der Waals surface area contributed by atoms with Gasteiger partial charge in [0.05, 0.1) is 54.2 Å². The minimum atomic E-state index is -1.16. The first-order valence-corrected chi connectivity index (χ1v) is 20.8. The average Bonchev–Trinajstić information content (AvgIpc) is 4.09. The van der Waals surface area contributed by atoms with Crippen molar-refractivity contribution in [2.75, 3.05) is 27.2 Å². The number of fused-ring (bicyclic) bond motifs is 5. The van der Waals surface area contributed by atoms with Crippen LogP contribution in [0.3, 0.4) is 0 Å². The Labute approximate surface area is 352 Å². The molecule has 6 heterocycles. The third-order valence-electron chi connectivity index (χ3n) is 12.4. The number of carbonyl (C=O) groups excluding carboxylic acids is 3. The number of carbonyl (C=O) groups is 4. The zero-order chi connectivity index (χ0) is 43.4. The summed E-state index contributed by atoms with van der Waals surface area (Å²) in [7, 11) is 2.69. The number of hydrogen-bond donors (Lipinski definition) is 4. The number of nitrogens with zero attached hydrogens (tertiary/aromatic N) is 6. The van der Waals surface area contributed by atoms with Crippen LogP contribution < -0.4 is 10.1 Å². The van der Waals surface area contributed by atoms with Gasteiger partial charge in [-0.25, -0.2) is 23.9 Å². The molecule has 322 valence electrons. The Balaban J connectivity index is 1.04. The summed E-state index contributed by atoms with van der Waals surface area (Å²) in [6.45, 7) is 10.3. The van der Waals surface area contributed by atoms with Crippen molar-refractivity contribution in [2.45, 2.75) is 90.7 Å². The van der Waals surface area contributed by atoms with Crippen molar-refractivity contribution in [2.24, 2.45) is 11.8 Å². The van der Waals surface area contributed by atoms with Crippen molar-refractivity contribution in [3.05, 3.63) is 66.3 Å². The molecule has 2 aromatic carbocycles. The van der Waals surface area contributed by atoms with Gasteiger partial charge in [0.25, 0.3) is 0 Å². The molecule has 0 spiro atoms. The van der Waals surface area contributed by atoms with Crippen molar-refractivity contribution in [3.8, 4) is 39.5 Å². The molecule has 3 aromatic heterocycles. The lowest BCUT2D eigenvalue weighted by Crippen LogP contribution is -2.51. The van der Waals surface area contributed by atoms with Crippen LogP contribution in [0.2, 0.25) is 0 Å². The van der Waals surface area contributed by atoms with Crippen LogP contribution in [0.5, 0.6) is 5.75 Å². The van der Waals surface area contributed by atoms with E-state index in [0.29, 0.717) is 76.9 Å². The molecule has 0 bridgehead atoms. The molecule has 3 aliphatic rings. The van der Waals surface area contributed by atoms with Gasteiger partial charge in [0.15, 0.2) is 12.0 Å². The van der Waals surface area contributed by atoms with E-state index in [0.717, 1.165) is 28.9 Å². The van der Waals surface area contributed by atoms with Gasteiger partial charge in [0, 0.05) is 42.2 Å². The van der Waals surface area contributed by atoms with Crippen LogP contribution >= 0.6 is 0 Å². The van der Waals surface area contributed by atoms with Gasteiger partial charge in [0.1, 0.15) is 29.5 Å². The fraction of sp³-hybridized carbons (Fsp3) is 0.455. The molecule has 0 aliphatic carbocycles. The number of alkyl carbamates (subject to hydrolysis) is 1. The average molecular weight is 838 g/mol. The number of rotatable bonds is 10. The summed E-state index contributed by atoms with van der Waals surface area (Å²) >= 11 is 0. The first kappa shape index (κ1) is 41.3. The highest BCUT2D eigenvalue weighted by atomic mass is 19.1.